The second-order valence-electron chi connectivity index (χ2n) is 10.1. The molecule has 4 rings (SSSR count). The molecule has 0 unspecified atom stereocenters. The number of methoxy groups -OCH3 is 2. The lowest BCUT2D eigenvalue weighted by molar-refractivity contribution is -0.115. The van der Waals surface area contributed by atoms with E-state index in [2.05, 4.69) is 58.1 Å². The molecule has 2 aromatic carbocycles. The summed E-state index contributed by atoms with van der Waals surface area (Å²) in [5, 5.41) is 2.68. The first kappa shape index (κ1) is 23.8. The first-order valence-electron chi connectivity index (χ1n) is 11.1. The van der Waals surface area contributed by atoms with Crippen LogP contribution in [0.15, 0.2) is 29.2 Å². The lowest BCUT2D eigenvalue weighted by Gasteiger charge is -2.42. The molecule has 0 spiro atoms. The number of hydrogen-bond donors (Lipinski definition) is 1. The second-order valence-corrected chi connectivity index (χ2v) is 11.9. The van der Waals surface area contributed by atoms with Gasteiger partial charge in [-0.15, -0.1) is 0 Å². The molecule has 1 amide bonds. The number of amides is 1. The number of carbonyl (C=O) groups is 1. The third-order valence-electron chi connectivity index (χ3n) is 6.93. The van der Waals surface area contributed by atoms with Crippen LogP contribution in [0, 0.1) is 6.92 Å². The number of rotatable bonds is 4. The number of thiocarbonyl (C=S) groups is 1. The van der Waals surface area contributed by atoms with Crippen LogP contribution in [0.3, 0.4) is 0 Å². The van der Waals surface area contributed by atoms with Gasteiger partial charge in [0, 0.05) is 5.56 Å². The van der Waals surface area contributed by atoms with Crippen molar-refractivity contribution in [2.45, 2.75) is 58.3 Å². The monoisotopic (exact) mass is 481 g/mol. The van der Waals surface area contributed by atoms with Crippen molar-refractivity contribution in [2.24, 2.45) is 0 Å². The average molecular weight is 482 g/mol. The number of carbonyl (C=O) groups excluding carboxylic acids is 1. The van der Waals surface area contributed by atoms with Crippen LogP contribution in [0.25, 0.3) is 17.2 Å². The van der Waals surface area contributed by atoms with Gasteiger partial charge in [0.2, 0.25) is 0 Å². The lowest BCUT2D eigenvalue weighted by Crippen LogP contribution is -2.34. The van der Waals surface area contributed by atoms with E-state index >= 15 is 0 Å². The third kappa shape index (κ3) is 4.31. The Bertz CT molecular complexity index is 1190. The van der Waals surface area contributed by atoms with Gasteiger partial charge in [-0.3, -0.25) is 4.79 Å². The van der Waals surface area contributed by atoms with Gasteiger partial charge >= 0.3 is 0 Å². The molecule has 174 valence electrons. The van der Waals surface area contributed by atoms with Gasteiger partial charge in [-0.1, -0.05) is 57.7 Å². The molecular formula is C27H31NO3S2. The van der Waals surface area contributed by atoms with E-state index in [0.717, 1.165) is 23.1 Å². The highest BCUT2D eigenvalue weighted by molar-refractivity contribution is 8.26. The summed E-state index contributed by atoms with van der Waals surface area (Å²) in [5.74, 6) is 1.15. The summed E-state index contributed by atoms with van der Waals surface area (Å²) in [6.07, 6.45) is 4.17. The van der Waals surface area contributed by atoms with Crippen molar-refractivity contribution in [1.29, 1.82) is 0 Å². The van der Waals surface area contributed by atoms with Crippen molar-refractivity contribution >= 4 is 40.3 Å². The minimum atomic E-state index is -0.171. The smallest absolute Gasteiger partial charge is 0.263 e. The Morgan fingerprint density at radius 1 is 0.970 bits per heavy atom. The quantitative estimate of drug-likeness (QED) is 0.398. The van der Waals surface area contributed by atoms with Gasteiger partial charge in [-0.05, 0) is 82.7 Å². The lowest BCUT2D eigenvalue weighted by atomic mass is 9.62. The van der Waals surface area contributed by atoms with Crippen LogP contribution in [-0.4, -0.2) is 24.4 Å². The maximum Gasteiger partial charge on any atom is 0.263 e. The number of hydrogen-bond acceptors (Lipinski definition) is 5. The molecule has 6 heteroatoms. The van der Waals surface area contributed by atoms with Crippen LogP contribution in [0.4, 0.5) is 0 Å². The summed E-state index contributed by atoms with van der Waals surface area (Å²) < 4.78 is 12.0. The molecule has 1 heterocycles. The summed E-state index contributed by atoms with van der Waals surface area (Å²) in [7, 11) is 3.30. The molecule has 2 aliphatic rings. The van der Waals surface area contributed by atoms with Gasteiger partial charge in [0.15, 0.2) is 11.5 Å². The molecule has 1 aliphatic heterocycles. The molecule has 0 aromatic heterocycles. The molecule has 1 saturated heterocycles. The van der Waals surface area contributed by atoms with E-state index in [1.54, 1.807) is 14.2 Å². The Morgan fingerprint density at radius 3 is 2.15 bits per heavy atom. The summed E-state index contributed by atoms with van der Waals surface area (Å²) in [4.78, 5) is 12.8. The first-order chi connectivity index (χ1) is 15.5. The van der Waals surface area contributed by atoms with Crippen LogP contribution < -0.4 is 14.8 Å². The Labute approximate surface area is 206 Å². The predicted molar refractivity (Wildman–Crippen MR) is 141 cm³/mol. The zero-order valence-corrected chi connectivity index (χ0v) is 22.0. The van der Waals surface area contributed by atoms with Gasteiger partial charge in [0.1, 0.15) is 4.32 Å². The average Bonchev–Trinajstić information content (AvgIpc) is 3.07. The molecule has 2 aromatic rings. The Hall–Kier alpha value is -2.31. The highest BCUT2D eigenvalue weighted by Crippen LogP contribution is 2.49. The van der Waals surface area contributed by atoms with Gasteiger partial charge in [-0.25, -0.2) is 0 Å². The Kier molecular flexibility index (Phi) is 6.12. The topological polar surface area (TPSA) is 47.6 Å². The fourth-order valence-electron chi connectivity index (χ4n) is 4.85. The summed E-state index contributed by atoms with van der Waals surface area (Å²) in [6, 6.07) is 8.65. The molecule has 1 aliphatic carbocycles. The minimum absolute atomic E-state index is 0.0957. The Morgan fingerprint density at radius 2 is 1.61 bits per heavy atom. The van der Waals surface area contributed by atoms with Crippen LogP contribution in [0.5, 0.6) is 11.5 Å². The fraction of sp³-hybridized carbons (Fsp3) is 0.407. The summed E-state index contributed by atoms with van der Waals surface area (Å²) >= 11 is 6.41. The largest absolute Gasteiger partial charge is 0.493 e. The van der Waals surface area contributed by atoms with Crippen molar-refractivity contribution in [3.8, 4) is 22.6 Å². The molecule has 0 radical (unpaired) electrons. The van der Waals surface area contributed by atoms with Gasteiger partial charge < -0.3 is 14.8 Å². The van der Waals surface area contributed by atoms with Crippen molar-refractivity contribution in [3.63, 3.8) is 0 Å². The second kappa shape index (κ2) is 8.48. The van der Waals surface area contributed by atoms with E-state index < -0.39 is 0 Å². The number of fused-ring (bicyclic) bond motifs is 1. The van der Waals surface area contributed by atoms with Crippen molar-refractivity contribution < 1.29 is 14.3 Å². The van der Waals surface area contributed by atoms with E-state index in [9.17, 15) is 4.79 Å². The predicted octanol–water partition coefficient (Wildman–Crippen LogP) is 6.52. The van der Waals surface area contributed by atoms with E-state index in [1.807, 2.05) is 12.1 Å². The minimum Gasteiger partial charge on any atom is -0.493 e. The van der Waals surface area contributed by atoms with Crippen LogP contribution in [0.2, 0.25) is 0 Å². The molecule has 4 nitrogen and oxygen atoms in total. The highest BCUT2D eigenvalue weighted by Gasteiger charge is 2.37. The third-order valence-corrected chi connectivity index (χ3v) is 8.09. The maximum atomic E-state index is 12.2. The summed E-state index contributed by atoms with van der Waals surface area (Å²) in [6.45, 7) is 11.5. The van der Waals surface area contributed by atoms with Gasteiger partial charge in [0.05, 0.1) is 19.1 Å². The standard InChI is InChI=1S/C27H31NO3S2/c1-15-10-19-20(27(4,5)9-8-26(19,2)3)14-17(15)18-11-16(12-21(30-6)23(18)31-7)13-22-24(29)28-25(32)33-22/h10-14H,8-9H2,1-7H3,(H,28,29,32). The maximum absolute atomic E-state index is 12.2. The van der Waals surface area contributed by atoms with Crippen molar-refractivity contribution in [2.75, 3.05) is 14.2 Å². The van der Waals surface area contributed by atoms with E-state index in [4.69, 9.17) is 21.7 Å². The SMILES string of the molecule is COc1cc(C=C2SC(=S)NC2=O)cc(-c2cc3c(cc2C)C(C)(C)CCC3(C)C)c1OC. The summed E-state index contributed by atoms with van der Waals surface area (Å²) in [5.41, 5.74) is 7.19. The van der Waals surface area contributed by atoms with E-state index in [0.29, 0.717) is 20.7 Å². The zero-order chi connectivity index (χ0) is 24.1. The molecule has 0 bridgehead atoms. The number of ether oxygens (including phenoxy) is 2. The van der Waals surface area contributed by atoms with Crippen molar-refractivity contribution in [1.82, 2.24) is 5.32 Å². The molecule has 0 atom stereocenters. The number of thioether (sulfide) groups is 1. The molecule has 33 heavy (non-hydrogen) atoms. The van der Waals surface area contributed by atoms with E-state index in [-0.39, 0.29) is 16.7 Å². The van der Waals surface area contributed by atoms with E-state index in [1.165, 1.54) is 34.9 Å². The van der Waals surface area contributed by atoms with Crippen LogP contribution in [0.1, 0.15) is 62.8 Å². The highest BCUT2D eigenvalue weighted by atomic mass is 32.2. The molecular weight excluding hydrogens is 450 g/mol. The number of nitrogens with one attached hydrogen (secondary N) is 1. The first-order valence-corrected chi connectivity index (χ1v) is 12.4. The fourth-order valence-corrected chi connectivity index (χ4v) is 5.90. The molecule has 0 saturated carbocycles. The number of aryl methyl sites for hydroxylation is 1. The van der Waals surface area contributed by atoms with Crippen LogP contribution >= 0.6 is 24.0 Å². The molecule has 1 fully saturated rings. The number of benzene rings is 2. The normalized spacial score (nSPS) is 19.9. The zero-order valence-electron chi connectivity index (χ0n) is 20.3. The van der Waals surface area contributed by atoms with Crippen LogP contribution in [-0.2, 0) is 15.6 Å². The van der Waals surface area contributed by atoms with Crippen molar-refractivity contribution in [3.05, 3.63) is 51.4 Å². The van der Waals surface area contributed by atoms with Gasteiger partial charge in [0.25, 0.3) is 5.91 Å². The molecule has 1 N–H and O–H groups in total. The Balaban J connectivity index is 1.94. The van der Waals surface area contributed by atoms with Gasteiger partial charge in [-0.2, -0.15) is 0 Å².